The molecule has 11 nitrogen and oxygen atoms in total. The number of hydrogen-bond acceptors (Lipinski definition) is 8. The Kier molecular flexibility index (Phi) is 11.7. The van der Waals surface area contributed by atoms with Gasteiger partial charge in [0, 0.05) is 0 Å². The third-order valence-electron chi connectivity index (χ3n) is 4.13. The van der Waals surface area contributed by atoms with Crippen LogP contribution < -0.4 is 0 Å². The fourth-order valence-corrected chi connectivity index (χ4v) is 2.84. The molecule has 12 heteroatoms. The summed E-state index contributed by atoms with van der Waals surface area (Å²) in [6.07, 6.45) is -2.69. The first-order valence-electron chi connectivity index (χ1n) is 8.23. The normalized spacial score (nSPS) is 25.4. The number of carbonyl (C=O) groups is 1. The standard InChI is InChI=1S/C8H16O.C6H13O10P/c1-2-7-5-3-4-6-8(7)9;7-2(1-16-17(13,14)15)3(8)4(9)5(10)6(11)12/h7-9H,2-6H2,1H3;2-5,7-10H,1H2,(H,11,12)(H2,13,14,15). The zero-order valence-corrected chi connectivity index (χ0v) is 15.4. The van der Waals surface area contributed by atoms with Gasteiger partial charge in [-0.1, -0.05) is 26.2 Å². The number of aliphatic carboxylic acids is 1. The molecule has 1 aliphatic rings. The monoisotopic (exact) mass is 404 g/mol. The molecular weight excluding hydrogens is 375 g/mol. The van der Waals surface area contributed by atoms with Gasteiger partial charge >= 0.3 is 13.8 Å². The lowest BCUT2D eigenvalue weighted by atomic mass is 9.85. The van der Waals surface area contributed by atoms with Gasteiger partial charge in [-0.25, -0.2) is 9.36 Å². The average molecular weight is 404 g/mol. The molecule has 26 heavy (non-hydrogen) atoms. The minimum Gasteiger partial charge on any atom is -0.479 e. The van der Waals surface area contributed by atoms with Crippen LogP contribution in [0.15, 0.2) is 0 Å². The van der Waals surface area contributed by atoms with Crippen molar-refractivity contribution in [2.45, 2.75) is 69.5 Å². The minimum atomic E-state index is -4.86. The molecule has 0 radical (unpaired) electrons. The van der Waals surface area contributed by atoms with Gasteiger partial charge in [0.1, 0.15) is 18.3 Å². The van der Waals surface area contributed by atoms with Crippen LogP contribution in [0.1, 0.15) is 39.0 Å². The van der Waals surface area contributed by atoms with E-state index in [0.29, 0.717) is 5.92 Å². The van der Waals surface area contributed by atoms with Crippen LogP contribution >= 0.6 is 7.82 Å². The molecule has 0 spiro atoms. The first-order valence-corrected chi connectivity index (χ1v) is 9.76. The van der Waals surface area contributed by atoms with Crippen LogP contribution in [0.5, 0.6) is 0 Å². The van der Waals surface area contributed by atoms with Crippen LogP contribution in [0.2, 0.25) is 0 Å². The van der Waals surface area contributed by atoms with Crippen molar-refractivity contribution in [2.24, 2.45) is 5.92 Å². The Morgan fingerprint density at radius 1 is 1.12 bits per heavy atom. The van der Waals surface area contributed by atoms with Crippen molar-refractivity contribution < 1.29 is 54.3 Å². The Labute approximate surface area is 151 Å². The Bertz CT molecular complexity index is 454. The van der Waals surface area contributed by atoms with Gasteiger partial charge in [0.05, 0.1) is 12.7 Å². The molecule has 0 aromatic carbocycles. The molecule has 156 valence electrons. The second-order valence-electron chi connectivity index (χ2n) is 6.14. The number of phosphoric ester groups is 1. The molecule has 0 amide bonds. The predicted molar refractivity (Wildman–Crippen MR) is 87.9 cm³/mol. The van der Waals surface area contributed by atoms with E-state index < -0.39 is 44.8 Å². The Morgan fingerprint density at radius 2 is 1.65 bits per heavy atom. The molecule has 0 bridgehead atoms. The maximum Gasteiger partial charge on any atom is 0.469 e. The predicted octanol–water partition coefficient (Wildman–Crippen LogP) is -1.43. The van der Waals surface area contributed by atoms with E-state index in [1.165, 1.54) is 19.3 Å². The van der Waals surface area contributed by atoms with E-state index in [1.807, 2.05) is 0 Å². The molecule has 1 aliphatic carbocycles. The summed E-state index contributed by atoms with van der Waals surface area (Å²) in [5.41, 5.74) is 0. The van der Waals surface area contributed by atoms with Crippen molar-refractivity contribution in [3.05, 3.63) is 0 Å². The molecule has 0 aliphatic heterocycles. The van der Waals surface area contributed by atoms with Crippen LogP contribution in [-0.2, 0) is 13.9 Å². The summed E-state index contributed by atoms with van der Waals surface area (Å²) in [6.45, 7) is 1.12. The quantitative estimate of drug-likeness (QED) is 0.220. The summed E-state index contributed by atoms with van der Waals surface area (Å²) in [6, 6.07) is 0. The molecule has 1 rings (SSSR count). The summed E-state index contributed by atoms with van der Waals surface area (Å²) in [7, 11) is -4.86. The smallest absolute Gasteiger partial charge is 0.469 e. The minimum absolute atomic E-state index is 0.0174. The van der Waals surface area contributed by atoms with E-state index in [4.69, 9.17) is 35.3 Å². The van der Waals surface area contributed by atoms with Gasteiger partial charge < -0.3 is 40.4 Å². The first-order chi connectivity index (χ1) is 11.9. The number of aliphatic hydroxyl groups is 5. The maximum absolute atomic E-state index is 10.2. The summed E-state index contributed by atoms with van der Waals surface area (Å²) >= 11 is 0. The van der Waals surface area contributed by atoms with Gasteiger partial charge in [-0.3, -0.25) is 4.52 Å². The number of carboxylic acids is 1. The second kappa shape index (κ2) is 12.0. The summed E-state index contributed by atoms with van der Waals surface area (Å²) < 4.78 is 14.1. The number of phosphoric acid groups is 1. The fraction of sp³-hybridized carbons (Fsp3) is 0.929. The van der Waals surface area contributed by atoms with Gasteiger partial charge in [0.25, 0.3) is 0 Å². The van der Waals surface area contributed by atoms with Gasteiger partial charge in [0.2, 0.25) is 0 Å². The SMILES string of the molecule is CCC1CCCCC1O.O=C(O)C(O)C(O)C(O)C(O)COP(=O)(O)O. The Hall–Kier alpha value is -0.620. The molecular formula is C14H29O11P. The van der Waals surface area contributed by atoms with Crippen molar-refractivity contribution in [3.8, 4) is 0 Å². The lowest BCUT2D eigenvalue weighted by Crippen LogP contribution is -2.48. The van der Waals surface area contributed by atoms with Crippen molar-refractivity contribution >= 4 is 13.8 Å². The third kappa shape index (κ3) is 9.91. The molecule has 0 aromatic heterocycles. The van der Waals surface area contributed by atoms with E-state index in [-0.39, 0.29) is 6.10 Å². The summed E-state index contributed by atoms with van der Waals surface area (Å²) in [5, 5.41) is 53.8. The van der Waals surface area contributed by atoms with Crippen molar-refractivity contribution in [2.75, 3.05) is 6.61 Å². The van der Waals surface area contributed by atoms with Crippen LogP contribution in [0.3, 0.4) is 0 Å². The molecule has 0 heterocycles. The molecule has 6 unspecified atom stereocenters. The lowest BCUT2D eigenvalue weighted by Gasteiger charge is -2.25. The van der Waals surface area contributed by atoms with Crippen LogP contribution in [0.25, 0.3) is 0 Å². The van der Waals surface area contributed by atoms with Crippen molar-refractivity contribution in [1.29, 1.82) is 0 Å². The van der Waals surface area contributed by atoms with Gasteiger partial charge in [-0.2, -0.15) is 0 Å². The van der Waals surface area contributed by atoms with Crippen molar-refractivity contribution in [3.63, 3.8) is 0 Å². The van der Waals surface area contributed by atoms with E-state index in [1.54, 1.807) is 0 Å². The summed E-state index contributed by atoms with van der Waals surface area (Å²) in [4.78, 5) is 26.8. The van der Waals surface area contributed by atoms with Gasteiger partial charge in [-0.05, 0) is 18.8 Å². The highest BCUT2D eigenvalue weighted by atomic mass is 31.2. The number of rotatable bonds is 8. The van der Waals surface area contributed by atoms with Crippen LogP contribution in [0.4, 0.5) is 0 Å². The zero-order valence-electron chi connectivity index (χ0n) is 14.5. The van der Waals surface area contributed by atoms with Gasteiger partial charge in [-0.15, -0.1) is 0 Å². The molecule has 1 saturated carbocycles. The van der Waals surface area contributed by atoms with Gasteiger partial charge in [0.15, 0.2) is 6.10 Å². The topological polar surface area (TPSA) is 205 Å². The highest BCUT2D eigenvalue weighted by Crippen LogP contribution is 2.35. The highest BCUT2D eigenvalue weighted by molar-refractivity contribution is 7.46. The largest absolute Gasteiger partial charge is 0.479 e. The van der Waals surface area contributed by atoms with Crippen molar-refractivity contribution in [1.82, 2.24) is 0 Å². The highest BCUT2D eigenvalue weighted by Gasteiger charge is 2.35. The molecule has 0 saturated heterocycles. The molecule has 8 N–H and O–H groups in total. The molecule has 1 fully saturated rings. The maximum atomic E-state index is 10.2. The molecule has 0 aromatic rings. The van der Waals surface area contributed by atoms with E-state index >= 15 is 0 Å². The number of aliphatic hydroxyl groups excluding tert-OH is 5. The Balaban J connectivity index is 0.000000577. The number of hydrogen-bond donors (Lipinski definition) is 8. The van der Waals surface area contributed by atoms with Crippen LogP contribution in [-0.4, -0.2) is 83.5 Å². The fourth-order valence-electron chi connectivity index (χ4n) is 2.50. The average Bonchev–Trinajstić information content (AvgIpc) is 2.57. The lowest BCUT2D eigenvalue weighted by molar-refractivity contribution is -0.164. The molecule has 6 atom stereocenters. The second-order valence-corrected chi connectivity index (χ2v) is 7.38. The first kappa shape index (κ1) is 25.4. The van der Waals surface area contributed by atoms with E-state index in [2.05, 4.69) is 11.4 Å². The third-order valence-corrected chi connectivity index (χ3v) is 4.61. The van der Waals surface area contributed by atoms with E-state index in [9.17, 15) is 14.5 Å². The number of carboxylic acid groups (broad SMARTS) is 1. The van der Waals surface area contributed by atoms with Crippen LogP contribution in [0, 0.1) is 5.92 Å². The van der Waals surface area contributed by atoms with E-state index in [0.717, 1.165) is 12.8 Å². The Morgan fingerprint density at radius 3 is 2.04 bits per heavy atom. The zero-order chi connectivity index (χ0) is 20.5. The summed E-state index contributed by atoms with van der Waals surface area (Å²) in [5.74, 6) is -1.22.